The standard InChI is InChI=1S/C17H24N2O3/c1-18-13-11-17(3-5-19(2)6-4-17)22-14-10-16-15(9-12(13)14)20-7-8-21-16/h9-10,13,18H,3-8,11H2,1-2H3. The van der Waals surface area contributed by atoms with Crippen LogP contribution in [-0.4, -0.2) is 50.9 Å². The highest BCUT2D eigenvalue weighted by Crippen LogP contribution is 2.48. The number of piperidine rings is 1. The summed E-state index contributed by atoms with van der Waals surface area (Å²) in [5.41, 5.74) is 1.15. The third-order valence-electron chi connectivity index (χ3n) is 5.20. The first-order valence-electron chi connectivity index (χ1n) is 8.17. The average Bonchev–Trinajstić information content (AvgIpc) is 2.55. The predicted octanol–water partition coefficient (Wildman–Crippen LogP) is 1.97. The van der Waals surface area contributed by atoms with Gasteiger partial charge in [-0.05, 0) is 33.0 Å². The quantitative estimate of drug-likeness (QED) is 0.859. The van der Waals surface area contributed by atoms with E-state index in [1.165, 1.54) is 5.56 Å². The molecule has 0 radical (unpaired) electrons. The summed E-state index contributed by atoms with van der Waals surface area (Å²) in [5, 5.41) is 3.46. The summed E-state index contributed by atoms with van der Waals surface area (Å²) in [6.45, 7) is 3.41. The second kappa shape index (κ2) is 5.32. The molecule has 1 N–H and O–H groups in total. The summed E-state index contributed by atoms with van der Waals surface area (Å²) in [6, 6.07) is 4.42. The smallest absolute Gasteiger partial charge is 0.165 e. The van der Waals surface area contributed by atoms with E-state index in [1.54, 1.807) is 0 Å². The summed E-state index contributed by atoms with van der Waals surface area (Å²) < 4.78 is 17.9. The molecule has 1 aromatic rings. The minimum absolute atomic E-state index is 0.0447. The second-order valence-corrected chi connectivity index (χ2v) is 6.67. The van der Waals surface area contributed by atoms with E-state index in [0.29, 0.717) is 19.3 Å². The van der Waals surface area contributed by atoms with Crippen LogP contribution in [0.15, 0.2) is 12.1 Å². The van der Waals surface area contributed by atoms with E-state index in [2.05, 4.69) is 23.3 Å². The van der Waals surface area contributed by atoms with Gasteiger partial charge in [-0.1, -0.05) is 0 Å². The molecule has 1 aromatic carbocycles. The molecule has 22 heavy (non-hydrogen) atoms. The van der Waals surface area contributed by atoms with Crippen molar-refractivity contribution < 1.29 is 14.2 Å². The number of nitrogens with one attached hydrogen (secondary N) is 1. The van der Waals surface area contributed by atoms with Gasteiger partial charge in [0.1, 0.15) is 24.6 Å². The highest BCUT2D eigenvalue weighted by Gasteiger charge is 2.43. The Labute approximate surface area is 131 Å². The monoisotopic (exact) mass is 304 g/mol. The number of likely N-dealkylation sites (tertiary alicyclic amines) is 1. The van der Waals surface area contributed by atoms with Gasteiger partial charge in [-0.15, -0.1) is 0 Å². The van der Waals surface area contributed by atoms with Crippen molar-refractivity contribution in [2.24, 2.45) is 0 Å². The number of hydrogen-bond donors (Lipinski definition) is 1. The molecule has 0 amide bonds. The van der Waals surface area contributed by atoms with Crippen molar-refractivity contribution in [2.45, 2.75) is 30.9 Å². The maximum Gasteiger partial charge on any atom is 0.165 e. The van der Waals surface area contributed by atoms with E-state index in [-0.39, 0.29) is 5.60 Å². The number of ether oxygens (including phenoxy) is 3. The number of benzene rings is 1. The van der Waals surface area contributed by atoms with Crippen molar-refractivity contribution in [1.82, 2.24) is 10.2 Å². The molecule has 1 saturated heterocycles. The largest absolute Gasteiger partial charge is 0.487 e. The molecule has 5 heteroatoms. The first-order valence-corrected chi connectivity index (χ1v) is 8.17. The van der Waals surface area contributed by atoms with Crippen LogP contribution < -0.4 is 19.5 Å². The fourth-order valence-corrected chi connectivity index (χ4v) is 3.79. The van der Waals surface area contributed by atoms with Gasteiger partial charge in [0.15, 0.2) is 11.5 Å². The fourth-order valence-electron chi connectivity index (χ4n) is 3.79. The molecular weight excluding hydrogens is 280 g/mol. The molecule has 3 heterocycles. The number of nitrogens with zero attached hydrogens (tertiary/aromatic N) is 1. The normalized spacial score (nSPS) is 26.4. The zero-order valence-corrected chi connectivity index (χ0v) is 13.4. The van der Waals surface area contributed by atoms with Gasteiger partial charge in [-0.3, -0.25) is 0 Å². The molecule has 5 nitrogen and oxygen atoms in total. The number of fused-ring (bicyclic) bond motifs is 2. The van der Waals surface area contributed by atoms with Gasteiger partial charge in [-0.25, -0.2) is 0 Å². The van der Waals surface area contributed by atoms with Crippen LogP contribution >= 0.6 is 0 Å². The maximum absolute atomic E-state index is 6.50. The Kier molecular flexibility index (Phi) is 3.42. The van der Waals surface area contributed by atoms with Gasteiger partial charge >= 0.3 is 0 Å². The molecule has 1 fully saturated rings. The molecule has 3 aliphatic heterocycles. The first kappa shape index (κ1) is 14.2. The Morgan fingerprint density at radius 1 is 1.09 bits per heavy atom. The van der Waals surface area contributed by atoms with Gasteiger partial charge in [0, 0.05) is 37.2 Å². The minimum Gasteiger partial charge on any atom is -0.487 e. The van der Waals surface area contributed by atoms with E-state index < -0.39 is 0 Å². The van der Waals surface area contributed by atoms with Crippen molar-refractivity contribution in [3.05, 3.63) is 17.7 Å². The van der Waals surface area contributed by atoms with Crippen LogP contribution in [0.2, 0.25) is 0 Å². The Bertz CT molecular complexity index is 567. The Hall–Kier alpha value is -1.46. The van der Waals surface area contributed by atoms with E-state index in [9.17, 15) is 0 Å². The summed E-state index contributed by atoms with van der Waals surface area (Å²) in [7, 11) is 4.21. The Balaban J connectivity index is 1.69. The SMILES string of the molecule is CNC1CC2(CCN(C)CC2)Oc2cc3c(cc21)OCCO3. The highest BCUT2D eigenvalue weighted by atomic mass is 16.6. The first-order chi connectivity index (χ1) is 10.7. The van der Waals surface area contributed by atoms with Gasteiger partial charge in [-0.2, -0.15) is 0 Å². The van der Waals surface area contributed by atoms with Crippen LogP contribution in [0.1, 0.15) is 30.9 Å². The van der Waals surface area contributed by atoms with E-state index in [4.69, 9.17) is 14.2 Å². The van der Waals surface area contributed by atoms with Crippen LogP contribution in [0.5, 0.6) is 17.2 Å². The van der Waals surface area contributed by atoms with Gasteiger partial charge < -0.3 is 24.4 Å². The van der Waals surface area contributed by atoms with E-state index in [0.717, 1.165) is 49.6 Å². The Morgan fingerprint density at radius 2 is 1.77 bits per heavy atom. The molecule has 1 atom stereocenters. The van der Waals surface area contributed by atoms with Gasteiger partial charge in [0.05, 0.1) is 0 Å². The lowest BCUT2D eigenvalue weighted by molar-refractivity contribution is -0.0200. The number of hydrogen-bond acceptors (Lipinski definition) is 5. The highest BCUT2D eigenvalue weighted by molar-refractivity contribution is 5.53. The van der Waals surface area contributed by atoms with Crippen LogP contribution in [0.3, 0.4) is 0 Å². The molecular formula is C17H24N2O3. The Morgan fingerprint density at radius 3 is 2.45 bits per heavy atom. The lowest BCUT2D eigenvalue weighted by Gasteiger charge is -2.46. The van der Waals surface area contributed by atoms with Crippen LogP contribution in [0.4, 0.5) is 0 Å². The molecule has 0 saturated carbocycles. The molecule has 0 aliphatic carbocycles. The molecule has 1 spiro atoms. The molecule has 1 unspecified atom stereocenters. The zero-order valence-electron chi connectivity index (χ0n) is 13.4. The zero-order chi connectivity index (χ0) is 15.2. The van der Waals surface area contributed by atoms with Crippen LogP contribution in [0, 0.1) is 0 Å². The summed E-state index contributed by atoms with van der Waals surface area (Å²) in [6.07, 6.45) is 3.18. The lowest BCUT2D eigenvalue weighted by atomic mass is 9.80. The third-order valence-corrected chi connectivity index (χ3v) is 5.20. The lowest BCUT2D eigenvalue weighted by Crippen LogP contribution is -2.50. The van der Waals surface area contributed by atoms with Gasteiger partial charge in [0.25, 0.3) is 0 Å². The predicted molar refractivity (Wildman–Crippen MR) is 83.9 cm³/mol. The van der Waals surface area contributed by atoms with Crippen molar-refractivity contribution in [1.29, 1.82) is 0 Å². The second-order valence-electron chi connectivity index (χ2n) is 6.67. The van der Waals surface area contributed by atoms with Crippen LogP contribution in [0.25, 0.3) is 0 Å². The molecule has 3 aliphatic rings. The van der Waals surface area contributed by atoms with Gasteiger partial charge in [0.2, 0.25) is 0 Å². The topological polar surface area (TPSA) is 43.0 Å². The van der Waals surface area contributed by atoms with E-state index in [1.807, 2.05) is 13.1 Å². The molecule has 0 bridgehead atoms. The van der Waals surface area contributed by atoms with E-state index >= 15 is 0 Å². The molecule has 0 aromatic heterocycles. The summed E-state index contributed by atoms with van der Waals surface area (Å²) in [4.78, 5) is 2.38. The molecule has 4 rings (SSSR count). The summed E-state index contributed by atoms with van der Waals surface area (Å²) >= 11 is 0. The van der Waals surface area contributed by atoms with Crippen molar-refractivity contribution in [3.8, 4) is 17.2 Å². The fraction of sp³-hybridized carbons (Fsp3) is 0.647. The third kappa shape index (κ3) is 2.32. The average molecular weight is 304 g/mol. The van der Waals surface area contributed by atoms with Crippen LogP contribution in [-0.2, 0) is 0 Å². The van der Waals surface area contributed by atoms with Crippen molar-refractivity contribution in [2.75, 3.05) is 40.4 Å². The minimum atomic E-state index is -0.0447. The van der Waals surface area contributed by atoms with Crippen molar-refractivity contribution >= 4 is 0 Å². The van der Waals surface area contributed by atoms with Crippen molar-refractivity contribution in [3.63, 3.8) is 0 Å². The molecule has 120 valence electrons. The number of rotatable bonds is 1. The maximum atomic E-state index is 6.50. The summed E-state index contributed by atoms with van der Waals surface area (Å²) in [5.74, 6) is 2.61.